The van der Waals surface area contributed by atoms with E-state index in [1.807, 2.05) is 31.2 Å². The minimum absolute atomic E-state index is 0.0321. The number of aromatic nitrogens is 3. The van der Waals surface area contributed by atoms with Crippen LogP contribution in [0, 0.1) is 6.92 Å². The van der Waals surface area contributed by atoms with Crippen molar-refractivity contribution in [2.75, 3.05) is 26.7 Å². The van der Waals surface area contributed by atoms with Gasteiger partial charge in [-0.3, -0.25) is 14.8 Å². The van der Waals surface area contributed by atoms with Gasteiger partial charge in [0.2, 0.25) is 5.91 Å². The van der Waals surface area contributed by atoms with Gasteiger partial charge in [0.25, 0.3) is 0 Å². The van der Waals surface area contributed by atoms with Crippen LogP contribution in [0.2, 0.25) is 0 Å². The Balaban J connectivity index is 1.45. The third-order valence-electron chi connectivity index (χ3n) is 4.24. The molecule has 1 unspecified atom stereocenters. The molecule has 2 N–H and O–H groups in total. The smallest absolute Gasteiger partial charge is 0.234 e. The van der Waals surface area contributed by atoms with Crippen molar-refractivity contribution < 1.29 is 9.53 Å². The zero-order chi connectivity index (χ0) is 16.9. The number of carbonyl (C=O) groups is 1. The lowest BCUT2D eigenvalue weighted by Crippen LogP contribution is -2.35. The summed E-state index contributed by atoms with van der Waals surface area (Å²) in [6.45, 7) is 4.53. The molecular formula is C17H23N5O2. The molecule has 1 atom stereocenters. The second-order valence-corrected chi connectivity index (χ2v) is 6.13. The van der Waals surface area contributed by atoms with E-state index in [1.165, 1.54) is 0 Å². The van der Waals surface area contributed by atoms with E-state index in [2.05, 4.69) is 25.4 Å². The molecule has 0 radical (unpaired) electrons. The maximum atomic E-state index is 12.2. The third-order valence-corrected chi connectivity index (χ3v) is 4.24. The normalized spacial score (nSPS) is 17.8. The number of nitrogens with zero attached hydrogens (tertiary/aromatic N) is 3. The topological polar surface area (TPSA) is 83.1 Å². The van der Waals surface area contributed by atoms with E-state index < -0.39 is 0 Å². The number of likely N-dealkylation sites (tertiary alicyclic amines) is 1. The maximum absolute atomic E-state index is 12.2. The van der Waals surface area contributed by atoms with Gasteiger partial charge in [0.1, 0.15) is 11.6 Å². The van der Waals surface area contributed by atoms with Gasteiger partial charge in [-0.2, -0.15) is 5.10 Å². The van der Waals surface area contributed by atoms with Gasteiger partial charge in [-0.05, 0) is 37.6 Å². The number of hydrogen-bond acceptors (Lipinski definition) is 5. The number of rotatable bonds is 6. The summed E-state index contributed by atoms with van der Waals surface area (Å²) in [6.07, 6.45) is 0.987. The van der Waals surface area contributed by atoms with Crippen LogP contribution in [0.25, 0.3) is 0 Å². The van der Waals surface area contributed by atoms with Crippen LogP contribution < -0.4 is 10.1 Å². The largest absolute Gasteiger partial charge is 0.497 e. The highest BCUT2D eigenvalue weighted by Crippen LogP contribution is 2.24. The highest BCUT2D eigenvalue weighted by molar-refractivity contribution is 5.78. The molecule has 0 spiro atoms. The molecular weight excluding hydrogens is 306 g/mol. The molecule has 2 aromatic rings. The molecule has 24 heavy (non-hydrogen) atoms. The van der Waals surface area contributed by atoms with Crippen LogP contribution in [0.4, 0.5) is 0 Å². The number of amides is 1. The van der Waals surface area contributed by atoms with Crippen molar-refractivity contribution in [1.82, 2.24) is 25.4 Å². The average Bonchev–Trinajstić information content (AvgIpc) is 3.22. The molecule has 1 aromatic heterocycles. The lowest BCUT2D eigenvalue weighted by molar-refractivity contribution is -0.122. The number of benzene rings is 1. The Morgan fingerprint density at radius 1 is 1.50 bits per heavy atom. The summed E-state index contributed by atoms with van der Waals surface area (Å²) in [6, 6.07) is 7.71. The van der Waals surface area contributed by atoms with E-state index >= 15 is 0 Å². The minimum atomic E-state index is 0.0321. The zero-order valence-electron chi connectivity index (χ0n) is 14.1. The number of aromatic amines is 1. The fourth-order valence-corrected chi connectivity index (χ4v) is 2.97. The summed E-state index contributed by atoms with van der Waals surface area (Å²) >= 11 is 0. The predicted molar refractivity (Wildman–Crippen MR) is 89.8 cm³/mol. The molecule has 2 heterocycles. The molecule has 0 saturated carbocycles. The van der Waals surface area contributed by atoms with Crippen LogP contribution in [0.1, 0.15) is 29.6 Å². The second-order valence-electron chi connectivity index (χ2n) is 6.13. The molecule has 7 heteroatoms. The van der Waals surface area contributed by atoms with Gasteiger partial charge >= 0.3 is 0 Å². The first kappa shape index (κ1) is 16.4. The van der Waals surface area contributed by atoms with Gasteiger partial charge in [-0.1, -0.05) is 12.1 Å². The number of hydrogen-bond donors (Lipinski definition) is 2. The highest BCUT2D eigenvalue weighted by atomic mass is 16.5. The third kappa shape index (κ3) is 4.11. The van der Waals surface area contributed by atoms with Gasteiger partial charge < -0.3 is 10.1 Å². The Morgan fingerprint density at radius 3 is 3.12 bits per heavy atom. The van der Waals surface area contributed by atoms with E-state index in [1.54, 1.807) is 7.11 Å². The molecule has 3 rings (SSSR count). The van der Waals surface area contributed by atoms with Crippen molar-refractivity contribution >= 4 is 5.91 Å². The van der Waals surface area contributed by atoms with Crippen LogP contribution in [-0.4, -0.2) is 52.7 Å². The monoisotopic (exact) mass is 329 g/mol. The lowest BCUT2D eigenvalue weighted by Gasteiger charge is -2.15. The van der Waals surface area contributed by atoms with Gasteiger partial charge in [-0.25, -0.2) is 4.98 Å². The van der Waals surface area contributed by atoms with Crippen molar-refractivity contribution in [3.05, 3.63) is 41.5 Å². The molecule has 1 aliphatic heterocycles. The molecule has 0 aliphatic carbocycles. The number of aryl methyl sites for hydroxylation is 1. The van der Waals surface area contributed by atoms with Crippen LogP contribution in [0.5, 0.6) is 5.75 Å². The Hall–Kier alpha value is -2.41. The Bertz CT molecular complexity index is 700. The summed E-state index contributed by atoms with van der Waals surface area (Å²) in [5.41, 5.74) is 1.03. The van der Waals surface area contributed by atoms with Crippen LogP contribution in [-0.2, 0) is 11.3 Å². The van der Waals surface area contributed by atoms with Crippen LogP contribution in [0.15, 0.2) is 24.3 Å². The molecule has 1 saturated heterocycles. The summed E-state index contributed by atoms with van der Waals surface area (Å²) < 4.78 is 5.19. The summed E-state index contributed by atoms with van der Waals surface area (Å²) in [4.78, 5) is 18.7. The van der Waals surface area contributed by atoms with E-state index in [4.69, 9.17) is 4.74 Å². The van der Waals surface area contributed by atoms with E-state index in [0.717, 1.165) is 42.5 Å². The summed E-state index contributed by atoms with van der Waals surface area (Å²) in [5.74, 6) is 2.82. The molecule has 1 aliphatic rings. The van der Waals surface area contributed by atoms with Crippen molar-refractivity contribution in [2.45, 2.75) is 25.8 Å². The minimum Gasteiger partial charge on any atom is -0.497 e. The van der Waals surface area contributed by atoms with Crippen molar-refractivity contribution in [3.63, 3.8) is 0 Å². The lowest BCUT2D eigenvalue weighted by atomic mass is 10.1. The van der Waals surface area contributed by atoms with Gasteiger partial charge in [0.05, 0.1) is 13.7 Å². The first-order chi connectivity index (χ1) is 11.6. The number of H-pyrrole nitrogens is 1. The molecule has 1 fully saturated rings. The Kier molecular flexibility index (Phi) is 5.10. The predicted octanol–water partition coefficient (Wildman–Crippen LogP) is 1.23. The highest BCUT2D eigenvalue weighted by Gasteiger charge is 2.27. The van der Waals surface area contributed by atoms with Crippen molar-refractivity contribution in [2.24, 2.45) is 0 Å². The molecule has 7 nitrogen and oxygen atoms in total. The molecule has 128 valence electrons. The van der Waals surface area contributed by atoms with Gasteiger partial charge in [0, 0.05) is 19.0 Å². The maximum Gasteiger partial charge on any atom is 0.234 e. The number of ether oxygens (including phenoxy) is 1. The molecule has 0 bridgehead atoms. The zero-order valence-corrected chi connectivity index (χ0v) is 14.1. The number of nitrogens with one attached hydrogen (secondary N) is 2. The Morgan fingerprint density at radius 2 is 2.38 bits per heavy atom. The summed E-state index contributed by atoms with van der Waals surface area (Å²) in [5, 5.41) is 10.1. The van der Waals surface area contributed by atoms with Gasteiger partial charge in [0.15, 0.2) is 5.82 Å². The quantitative estimate of drug-likeness (QED) is 0.833. The fraction of sp³-hybridized carbons (Fsp3) is 0.471. The number of methoxy groups -OCH3 is 1. The SMILES string of the molecule is COc1cccc(CNC(=O)CN2CCC(c3n[nH]c(C)n3)C2)c1. The molecule has 1 aromatic carbocycles. The van der Waals surface area contributed by atoms with Crippen molar-refractivity contribution in [1.29, 1.82) is 0 Å². The fourth-order valence-electron chi connectivity index (χ4n) is 2.97. The van der Waals surface area contributed by atoms with Crippen LogP contribution >= 0.6 is 0 Å². The van der Waals surface area contributed by atoms with E-state index in [-0.39, 0.29) is 5.91 Å². The Labute approximate surface area is 141 Å². The van der Waals surface area contributed by atoms with Gasteiger partial charge in [-0.15, -0.1) is 0 Å². The second kappa shape index (κ2) is 7.44. The van der Waals surface area contributed by atoms with Crippen molar-refractivity contribution in [3.8, 4) is 5.75 Å². The number of carbonyl (C=O) groups excluding carboxylic acids is 1. The standard InChI is InChI=1S/C17H23N5O2/c1-12-19-17(21-20-12)14-6-7-22(10-14)11-16(23)18-9-13-4-3-5-15(8-13)24-2/h3-5,8,14H,6-7,9-11H2,1-2H3,(H,18,23)(H,19,20,21). The van der Waals surface area contributed by atoms with Crippen LogP contribution in [0.3, 0.4) is 0 Å². The molecule has 1 amide bonds. The van der Waals surface area contributed by atoms with E-state index in [0.29, 0.717) is 19.0 Å². The van der Waals surface area contributed by atoms with E-state index in [9.17, 15) is 4.79 Å². The average molecular weight is 329 g/mol. The first-order valence-electron chi connectivity index (χ1n) is 8.15. The first-order valence-corrected chi connectivity index (χ1v) is 8.15. The summed E-state index contributed by atoms with van der Waals surface area (Å²) in [7, 11) is 1.64.